The molecule has 4 heteroatoms. The van der Waals surface area contributed by atoms with Gasteiger partial charge >= 0.3 is 0 Å². The lowest BCUT2D eigenvalue weighted by atomic mass is 9.94. The molecule has 2 atom stereocenters. The van der Waals surface area contributed by atoms with E-state index in [2.05, 4.69) is 0 Å². The molecule has 3 rings (SSSR count). The van der Waals surface area contributed by atoms with Crippen LogP contribution in [0.25, 0.3) is 0 Å². The van der Waals surface area contributed by atoms with Crippen molar-refractivity contribution in [3.8, 4) is 5.75 Å². The molecule has 98 valence electrons. The van der Waals surface area contributed by atoms with Crippen molar-refractivity contribution in [1.82, 2.24) is 0 Å². The van der Waals surface area contributed by atoms with E-state index in [1.165, 1.54) is 0 Å². The maximum Gasteiger partial charge on any atom is 0.126 e. The highest BCUT2D eigenvalue weighted by Gasteiger charge is 2.26. The van der Waals surface area contributed by atoms with E-state index in [1.54, 1.807) is 0 Å². The van der Waals surface area contributed by atoms with E-state index >= 15 is 0 Å². The first kappa shape index (κ1) is 12.3. The Morgan fingerprint density at radius 2 is 2.28 bits per heavy atom. The van der Waals surface area contributed by atoms with Gasteiger partial charge in [0.2, 0.25) is 0 Å². The fourth-order valence-electron chi connectivity index (χ4n) is 2.75. The quantitative estimate of drug-likeness (QED) is 0.914. The number of rotatable bonds is 3. The number of hydrogen-bond acceptors (Lipinski definition) is 3. The van der Waals surface area contributed by atoms with Gasteiger partial charge in [0.1, 0.15) is 5.75 Å². The Hall–Kier alpha value is -0.770. The lowest BCUT2D eigenvalue weighted by Gasteiger charge is -2.18. The van der Waals surface area contributed by atoms with Gasteiger partial charge < -0.3 is 14.6 Å². The summed E-state index contributed by atoms with van der Waals surface area (Å²) in [6, 6.07) is 3.86. The number of aliphatic hydroxyl groups excluding tert-OH is 1. The molecule has 1 saturated heterocycles. The van der Waals surface area contributed by atoms with Gasteiger partial charge in [-0.3, -0.25) is 0 Å². The molecule has 0 aliphatic carbocycles. The average Bonchev–Trinajstić information content (AvgIpc) is 2.98. The summed E-state index contributed by atoms with van der Waals surface area (Å²) < 4.78 is 11.0. The third-order valence-electron chi connectivity index (χ3n) is 3.76. The summed E-state index contributed by atoms with van der Waals surface area (Å²) in [5.74, 6) is 1.17. The molecule has 1 aromatic carbocycles. The lowest BCUT2D eigenvalue weighted by molar-refractivity contribution is 0.0913. The van der Waals surface area contributed by atoms with Crippen LogP contribution in [0.5, 0.6) is 5.75 Å². The number of hydrogen-bond donors (Lipinski definition) is 1. The van der Waals surface area contributed by atoms with Gasteiger partial charge in [0.05, 0.1) is 19.3 Å². The Labute approximate surface area is 112 Å². The highest BCUT2D eigenvalue weighted by molar-refractivity contribution is 6.30. The van der Waals surface area contributed by atoms with Gasteiger partial charge in [-0.25, -0.2) is 0 Å². The molecule has 0 bridgehead atoms. The predicted octanol–water partition coefficient (Wildman–Crippen LogP) is 2.21. The smallest absolute Gasteiger partial charge is 0.126 e. The Bertz CT molecular complexity index is 441. The molecule has 2 unspecified atom stereocenters. The summed E-state index contributed by atoms with van der Waals surface area (Å²) in [6.45, 7) is 2.13. The van der Waals surface area contributed by atoms with E-state index in [4.69, 9.17) is 21.1 Å². The lowest BCUT2D eigenvalue weighted by Crippen LogP contribution is -2.23. The van der Waals surface area contributed by atoms with Crippen LogP contribution < -0.4 is 4.74 Å². The van der Waals surface area contributed by atoms with Crippen molar-refractivity contribution in [3.63, 3.8) is 0 Å². The monoisotopic (exact) mass is 268 g/mol. The van der Waals surface area contributed by atoms with E-state index in [0.29, 0.717) is 19.6 Å². The van der Waals surface area contributed by atoms with Crippen LogP contribution in [0, 0.1) is 5.92 Å². The van der Waals surface area contributed by atoms with Crippen LogP contribution in [0.1, 0.15) is 17.5 Å². The zero-order chi connectivity index (χ0) is 12.5. The first-order valence-electron chi connectivity index (χ1n) is 6.44. The minimum absolute atomic E-state index is 0.237. The van der Waals surface area contributed by atoms with Crippen molar-refractivity contribution in [2.75, 3.05) is 19.8 Å². The highest BCUT2D eigenvalue weighted by Crippen LogP contribution is 2.34. The maximum absolute atomic E-state index is 10.2. The van der Waals surface area contributed by atoms with Crippen LogP contribution in [-0.2, 0) is 17.6 Å². The van der Waals surface area contributed by atoms with E-state index in [-0.39, 0.29) is 12.0 Å². The molecule has 1 fully saturated rings. The third kappa shape index (κ3) is 2.35. The number of halogens is 1. The van der Waals surface area contributed by atoms with E-state index in [0.717, 1.165) is 41.3 Å². The summed E-state index contributed by atoms with van der Waals surface area (Å²) in [5.41, 5.74) is 2.18. The fraction of sp³-hybridized carbons (Fsp3) is 0.571. The van der Waals surface area contributed by atoms with Crippen molar-refractivity contribution in [2.45, 2.75) is 25.4 Å². The molecule has 2 heterocycles. The van der Waals surface area contributed by atoms with Gasteiger partial charge in [0.15, 0.2) is 0 Å². The predicted molar refractivity (Wildman–Crippen MR) is 69.3 cm³/mol. The van der Waals surface area contributed by atoms with E-state index in [9.17, 15) is 5.11 Å². The Morgan fingerprint density at radius 3 is 3.06 bits per heavy atom. The van der Waals surface area contributed by atoms with Crippen molar-refractivity contribution < 1.29 is 14.6 Å². The first-order chi connectivity index (χ1) is 8.74. The van der Waals surface area contributed by atoms with Crippen molar-refractivity contribution in [3.05, 3.63) is 28.3 Å². The minimum Gasteiger partial charge on any atom is -0.493 e. The molecule has 2 aliphatic rings. The normalized spacial score (nSPS) is 23.8. The SMILES string of the molecule is OC(Cc1cc(Cl)cc2c1OCC2)C1CCOC1. The van der Waals surface area contributed by atoms with Crippen molar-refractivity contribution >= 4 is 11.6 Å². The molecule has 0 aromatic heterocycles. The van der Waals surface area contributed by atoms with Crippen molar-refractivity contribution in [1.29, 1.82) is 0 Å². The molecule has 2 aliphatic heterocycles. The molecule has 18 heavy (non-hydrogen) atoms. The molecular formula is C14H17ClO3. The summed E-state index contributed by atoms with van der Waals surface area (Å²) in [6.07, 6.45) is 2.06. The van der Waals surface area contributed by atoms with Gasteiger partial charge in [-0.15, -0.1) is 0 Å². The summed E-state index contributed by atoms with van der Waals surface area (Å²) in [7, 11) is 0. The van der Waals surface area contributed by atoms with Gasteiger partial charge in [-0.05, 0) is 29.7 Å². The Kier molecular flexibility index (Phi) is 3.46. The van der Waals surface area contributed by atoms with E-state index in [1.807, 2.05) is 12.1 Å². The number of aliphatic hydroxyl groups is 1. The average molecular weight is 269 g/mol. The van der Waals surface area contributed by atoms with Gasteiger partial charge in [0, 0.05) is 30.4 Å². The second kappa shape index (κ2) is 5.08. The summed E-state index contributed by atoms with van der Waals surface area (Å²) >= 11 is 6.11. The largest absolute Gasteiger partial charge is 0.493 e. The number of benzene rings is 1. The molecule has 1 aromatic rings. The van der Waals surface area contributed by atoms with Crippen LogP contribution in [0.4, 0.5) is 0 Å². The van der Waals surface area contributed by atoms with Crippen molar-refractivity contribution in [2.24, 2.45) is 5.92 Å². The topological polar surface area (TPSA) is 38.7 Å². The van der Waals surface area contributed by atoms with Crippen LogP contribution in [0.15, 0.2) is 12.1 Å². The second-order valence-electron chi connectivity index (χ2n) is 5.05. The van der Waals surface area contributed by atoms with Crippen LogP contribution in [-0.4, -0.2) is 31.0 Å². The standard InChI is InChI=1S/C14H17ClO3/c15-12-5-9-2-4-18-14(9)11(6-12)7-13(16)10-1-3-17-8-10/h5-6,10,13,16H,1-4,7-8H2. The van der Waals surface area contributed by atoms with Crippen LogP contribution in [0.3, 0.4) is 0 Å². The molecule has 0 spiro atoms. The zero-order valence-corrected chi connectivity index (χ0v) is 10.9. The second-order valence-corrected chi connectivity index (χ2v) is 5.48. The molecule has 1 N–H and O–H groups in total. The Balaban J connectivity index is 1.79. The van der Waals surface area contributed by atoms with Gasteiger partial charge in [0.25, 0.3) is 0 Å². The van der Waals surface area contributed by atoms with Crippen LogP contribution in [0.2, 0.25) is 5.02 Å². The molecule has 0 radical (unpaired) electrons. The third-order valence-corrected chi connectivity index (χ3v) is 3.98. The molecule has 0 amide bonds. The van der Waals surface area contributed by atoms with Gasteiger partial charge in [-0.1, -0.05) is 11.6 Å². The molecule has 0 saturated carbocycles. The number of ether oxygens (including phenoxy) is 2. The fourth-order valence-corrected chi connectivity index (χ4v) is 3.01. The molecule has 3 nitrogen and oxygen atoms in total. The van der Waals surface area contributed by atoms with Gasteiger partial charge in [-0.2, -0.15) is 0 Å². The number of fused-ring (bicyclic) bond motifs is 1. The molecular weight excluding hydrogens is 252 g/mol. The summed E-state index contributed by atoms with van der Waals surface area (Å²) in [4.78, 5) is 0. The highest BCUT2D eigenvalue weighted by atomic mass is 35.5. The summed E-state index contributed by atoms with van der Waals surface area (Å²) in [5, 5.41) is 11.0. The van der Waals surface area contributed by atoms with E-state index < -0.39 is 0 Å². The minimum atomic E-state index is -0.376. The van der Waals surface area contributed by atoms with Crippen LogP contribution >= 0.6 is 11.6 Å². The zero-order valence-electron chi connectivity index (χ0n) is 10.2. The first-order valence-corrected chi connectivity index (χ1v) is 6.82. The maximum atomic E-state index is 10.2. The Morgan fingerprint density at radius 1 is 1.39 bits per heavy atom.